The first kappa shape index (κ1) is 20.2. The van der Waals surface area contributed by atoms with E-state index < -0.39 is 17.9 Å². The molecule has 0 aliphatic carbocycles. The summed E-state index contributed by atoms with van der Waals surface area (Å²) in [7, 11) is 1.74. The summed E-state index contributed by atoms with van der Waals surface area (Å²) in [4.78, 5) is 37.5. The zero-order valence-electron chi connectivity index (χ0n) is 15.7. The quantitative estimate of drug-likeness (QED) is 0.787. The lowest BCUT2D eigenvalue weighted by Crippen LogP contribution is -2.33. The molecule has 0 heterocycles. The first-order valence-corrected chi connectivity index (χ1v) is 8.72. The average Bonchev–Trinajstić information content (AvgIpc) is 2.66. The van der Waals surface area contributed by atoms with E-state index >= 15 is 0 Å². The third-order valence-corrected chi connectivity index (χ3v) is 4.16. The van der Waals surface area contributed by atoms with Gasteiger partial charge in [0.25, 0.3) is 5.91 Å². The number of hydrogen-bond acceptors (Lipinski definition) is 3. The number of carbonyl (C=O) groups excluding carboxylic acids is 2. The smallest absolute Gasteiger partial charge is 0.330 e. The first-order valence-electron chi connectivity index (χ1n) is 8.72. The molecule has 0 unspecified atom stereocenters. The van der Waals surface area contributed by atoms with E-state index in [4.69, 9.17) is 0 Å². The second-order valence-electron chi connectivity index (χ2n) is 6.70. The highest BCUT2D eigenvalue weighted by Crippen LogP contribution is 2.15. The van der Waals surface area contributed by atoms with E-state index in [-0.39, 0.29) is 11.8 Å². The number of hydrogen-bond donors (Lipinski definition) is 2. The number of amides is 2. The van der Waals surface area contributed by atoms with Gasteiger partial charge in [-0.25, -0.2) is 4.79 Å². The zero-order chi connectivity index (χ0) is 20.0. The molecule has 0 aromatic heterocycles. The van der Waals surface area contributed by atoms with Gasteiger partial charge >= 0.3 is 5.97 Å². The van der Waals surface area contributed by atoms with Gasteiger partial charge in [-0.3, -0.25) is 9.59 Å². The van der Waals surface area contributed by atoms with Gasteiger partial charge in [-0.15, -0.1) is 0 Å². The van der Waals surface area contributed by atoms with Crippen molar-refractivity contribution >= 4 is 17.8 Å². The second kappa shape index (κ2) is 8.98. The molecule has 0 fully saturated rings. The highest BCUT2D eigenvalue weighted by Gasteiger charge is 2.22. The lowest BCUT2D eigenvalue weighted by Gasteiger charge is -2.19. The van der Waals surface area contributed by atoms with Gasteiger partial charge in [0.2, 0.25) is 5.91 Å². The Morgan fingerprint density at radius 1 is 1.00 bits per heavy atom. The second-order valence-corrected chi connectivity index (χ2v) is 6.70. The Morgan fingerprint density at radius 2 is 1.59 bits per heavy atom. The molecule has 0 aliphatic heterocycles. The van der Waals surface area contributed by atoms with Crippen LogP contribution in [-0.2, 0) is 16.1 Å². The molecule has 2 rings (SSSR count). The number of nitrogens with one attached hydrogen (secondary N) is 1. The van der Waals surface area contributed by atoms with Crippen LogP contribution in [0.5, 0.6) is 0 Å². The number of rotatable bonds is 7. The SMILES string of the molecule is CC(C)C(=O)N(C)Cc1ccc(C(=O)N[C@H](C(=O)O)c2ccccc2)cc1. The molecule has 0 spiro atoms. The van der Waals surface area contributed by atoms with Crippen molar-refractivity contribution in [3.8, 4) is 0 Å². The maximum absolute atomic E-state index is 12.4. The highest BCUT2D eigenvalue weighted by molar-refractivity contribution is 5.96. The summed E-state index contributed by atoms with van der Waals surface area (Å²) >= 11 is 0. The van der Waals surface area contributed by atoms with Crippen LogP contribution in [0.25, 0.3) is 0 Å². The Kier molecular flexibility index (Phi) is 6.71. The predicted octanol–water partition coefficient (Wildman–Crippen LogP) is 2.86. The summed E-state index contributed by atoms with van der Waals surface area (Å²) in [5.74, 6) is -1.63. The largest absolute Gasteiger partial charge is 0.479 e. The van der Waals surface area contributed by atoms with Gasteiger partial charge in [0, 0.05) is 25.1 Å². The molecule has 2 amide bonds. The zero-order valence-corrected chi connectivity index (χ0v) is 15.7. The van der Waals surface area contributed by atoms with Crippen molar-refractivity contribution in [1.29, 1.82) is 0 Å². The molecule has 6 nitrogen and oxygen atoms in total. The third-order valence-electron chi connectivity index (χ3n) is 4.16. The topological polar surface area (TPSA) is 86.7 Å². The number of benzene rings is 2. The molecule has 2 aromatic rings. The van der Waals surface area contributed by atoms with Crippen LogP contribution in [0, 0.1) is 5.92 Å². The van der Waals surface area contributed by atoms with Crippen molar-refractivity contribution in [3.05, 3.63) is 71.3 Å². The van der Waals surface area contributed by atoms with Crippen LogP contribution in [0.4, 0.5) is 0 Å². The van der Waals surface area contributed by atoms with Crippen molar-refractivity contribution in [2.45, 2.75) is 26.4 Å². The normalized spacial score (nSPS) is 11.7. The standard InChI is InChI=1S/C21H24N2O4/c1-14(2)20(25)23(3)13-15-9-11-17(12-10-15)19(24)22-18(21(26)27)16-7-5-4-6-8-16/h4-12,14,18H,13H2,1-3H3,(H,22,24)(H,26,27)/t18-/m0/s1. The van der Waals surface area contributed by atoms with Crippen LogP contribution >= 0.6 is 0 Å². The van der Waals surface area contributed by atoms with Crippen LogP contribution < -0.4 is 5.32 Å². The average molecular weight is 368 g/mol. The Labute approximate surface area is 158 Å². The predicted molar refractivity (Wildman–Crippen MR) is 102 cm³/mol. The summed E-state index contributed by atoms with van der Waals surface area (Å²) in [6, 6.07) is 14.2. The van der Waals surface area contributed by atoms with Crippen LogP contribution in [-0.4, -0.2) is 34.8 Å². The van der Waals surface area contributed by atoms with Crippen LogP contribution in [0.15, 0.2) is 54.6 Å². The van der Waals surface area contributed by atoms with Crippen LogP contribution in [0.2, 0.25) is 0 Å². The molecule has 6 heteroatoms. The lowest BCUT2D eigenvalue weighted by molar-refractivity contribution is -0.139. The van der Waals surface area contributed by atoms with Crippen molar-refractivity contribution in [2.24, 2.45) is 5.92 Å². The minimum Gasteiger partial charge on any atom is -0.479 e. The van der Waals surface area contributed by atoms with Crippen molar-refractivity contribution in [1.82, 2.24) is 10.2 Å². The molecule has 27 heavy (non-hydrogen) atoms. The molecule has 0 bridgehead atoms. The maximum Gasteiger partial charge on any atom is 0.330 e. The lowest BCUT2D eigenvalue weighted by atomic mass is 10.1. The summed E-state index contributed by atoms with van der Waals surface area (Å²) in [5, 5.41) is 11.9. The maximum atomic E-state index is 12.4. The fourth-order valence-corrected chi connectivity index (χ4v) is 2.70. The summed E-state index contributed by atoms with van der Waals surface area (Å²) in [6.07, 6.45) is 0. The van der Waals surface area contributed by atoms with Gasteiger partial charge in [0.05, 0.1) is 0 Å². The van der Waals surface area contributed by atoms with Gasteiger partial charge in [-0.1, -0.05) is 56.3 Å². The molecule has 0 saturated carbocycles. The van der Waals surface area contributed by atoms with E-state index in [0.29, 0.717) is 17.7 Å². The van der Waals surface area contributed by atoms with Gasteiger partial charge in [0.15, 0.2) is 6.04 Å². The summed E-state index contributed by atoms with van der Waals surface area (Å²) < 4.78 is 0. The number of carboxylic acid groups (broad SMARTS) is 1. The van der Waals surface area contributed by atoms with Gasteiger partial charge < -0.3 is 15.3 Å². The van der Waals surface area contributed by atoms with Gasteiger partial charge in [0.1, 0.15) is 0 Å². The van der Waals surface area contributed by atoms with Crippen LogP contribution in [0.3, 0.4) is 0 Å². The Balaban J connectivity index is 2.06. The third kappa shape index (κ3) is 5.41. The van der Waals surface area contributed by atoms with Gasteiger partial charge in [-0.05, 0) is 23.3 Å². The van der Waals surface area contributed by atoms with Crippen molar-refractivity contribution in [2.75, 3.05) is 7.05 Å². The van der Waals surface area contributed by atoms with E-state index in [1.54, 1.807) is 66.5 Å². The minimum absolute atomic E-state index is 0.0454. The minimum atomic E-state index is -1.13. The molecule has 1 atom stereocenters. The number of aliphatic carboxylic acids is 1. The van der Waals surface area contributed by atoms with E-state index in [2.05, 4.69) is 5.32 Å². The van der Waals surface area contributed by atoms with Crippen molar-refractivity contribution < 1.29 is 19.5 Å². The van der Waals surface area contributed by atoms with Crippen LogP contribution in [0.1, 0.15) is 41.4 Å². The number of carbonyl (C=O) groups is 3. The van der Waals surface area contributed by atoms with E-state index in [1.165, 1.54) is 0 Å². The van der Waals surface area contributed by atoms with E-state index in [9.17, 15) is 19.5 Å². The Bertz CT molecular complexity index is 801. The Morgan fingerprint density at radius 3 is 2.11 bits per heavy atom. The molecular formula is C21H24N2O4. The molecule has 2 N–H and O–H groups in total. The van der Waals surface area contributed by atoms with E-state index in [1.807, 2.05) is 13.8 Å². The number of nitrogens with zero attached hydrogens (tertiary/aromatic N) is 1. The van der Waals surface area contributed by atoms with Gasteiger partial charge in [-0.2, -0.15) is 0 Å². The molecule has 0 radical (unpaired) electrons. The fourth-order valence-electron chi connectivity index (χ4n) is 2.70. The summed E-state index contributed by atoms with van der Waals surface area (Å²) in [6.45, 7) is 4.14. The molecule has 0 aliphatic rings. The molecule has 0 saturated heterocycles. The molecule has 2 aromatic carbocycles. The fraction of sp³-hybridized carbons (Fsp3) is 0.286. The van der Waals surface area contributed by atoms with Crippen molar-refractivity contribution in [3.63, 3.8) is 0 Å². The summed E-state index contributed by atoms with van der Waals surface area (Å²) in [5.41, 5.74) is 1.75. The molecular weight excluding hydrogens is 344 g/mol. The molecule has 142 valence electrons. The Hall–Kier alpha value is -3.15. The monoisotopic (exact) mass is 368 g/mol. The first-order chi connectivity index (χ1) is 12.8. The highest BCUT2D eigenvalue weighted by atomic mass is 16.4. The van der Waals surface area contributed by atoms with E-state index in [0.717, 1.165) is 5.56 Å². The number of carboxylic acids is 1.